The van der Waals surface area contributed by atoms with Gasteiger partial charge in [0, 0.05) is 17.8 Å². The molecule has 1 N–H and O–H groups in total. The molecular formula is C14H13ClN4O5S. The molecule has 0 saturated carbocycles. The van der Waals surface area contributed by atoms with Crippen molar-refractivity contribution in [3.63, 3.8) is 0 Å². The summed E-state index contributed by atoms with van der Waals surface area (Å²) in [6, 6.07) is 5.26. The maximum Gasteiger partial charge on any atom is 0.275 e. The van der Waals surface area contributed by atoms with Gasteiger partial charge in [-0.1, -0.05) is 24.6 Å². The number of nitro benzene ring substituents is 1. The number of nitrogens with one attached hydrogen (secondary N) is 1. The Hall–Kier alpha value is -2.59. The molecule has 9 nitrogen and oxygen atoms in total. The number of hydrogen-bond acceptors (Lipinski definition) is 7. The van der Waals surface area contributed by atoms with Gasteiger partial charge >= 0.3 is 0 Å². The molecule has 0 saturated heterocycles. The number of hydrogen-bond donors (Lipinski definition) is 1. The first-order chi connectivity index (χ1) is 11.7. The number of anilines is 1. The van der Waals surface area contributed by atoms with Crippen LogP contribution in [0.5, 0.6) is 0 Å². The molecule has 0 aliphatic carbocycles. The number of benzene rings is 1. The van der Waals surface area contributed by atoms with Gasteiger partial charge in [0.2, 0.25) is 15.0 Å². The lowest BCUT2D eigenvalue weighted by atomic mass is 10.2. The van der Waals surface area contributed by atoms with Crippen molar-refractivity contribution in [2.24, 2.45) is 0 Å². The number of amides is 1. The molecule has 1 amide bonds. The highest BCUT2D eigenvalue weighted by Gasteiger charge is 2.22. The van der Waals surface area contributed by atoms with E-state index >= 15 is 0 Å². The van der Waals surface area contributed by atoms with E-state index in [-0.39, 0.29) is 27.8 Å². The van der Waals surface area contributed by atoms with Crippen molar-refractivity contribution < 1.29 is 18.1 Å². The van der Waals surface area contributed by atoms with E-state index in [0.717, 1.165) is 12.3 Å². The third kappa shape index (κ3) is 4.48. The van der Waals surface area contributed by atoms with Crippen LogP contribution < -0.4 is 5.32 Å². The summed E-state index contributed by atoms with van der Waals surface area (Å²) in [5.74, 6) is -0.971. The van der Waals surface area contributed by atoms with Crippen molar-refractivity contribution in [2.75, 3.05) is 11.1 Å². The summed E-state index contributed by atoms with van der Waals surface area (Å²) in [6.45, 7) is 1.68. The van der Waals surface area contributed by atoms with Crippen molar-refractivity contribution in [2.45, 2.75) is 18.5 Å². The van der Waals surface area contributed by atoms with Gasteiger partial charge in [-0.3, -0.25) is 14.9 Å². The molecule has 0 unspecified atom stereocenters. The second-order valence-corrected chi connectivity index (χ2v) is 7.34. The van der Waals surface area contributed by atoms with Gasteiger partial charge < -0.3 is 5.32 Å². The predicted octanol–water partition coefficient (Wildman–Crippen LogP) is 2.47. The van der Waals surface area contributed by atoms with Crippen LogP contribution in [-0.4, -0.2) is 35.0 Å². The number of rotatable bonds is 6. The Morgan fingerprint density at radius 1 is 1.40 bits per heavy atom. The molecule has 0 spiro atoms. The van der Waals surface area contributed by atoms with E-state index in [0.29, 0.717) is 6.42 Å². The molecule has 0 aliphatic heterocycles. The van der Waals surface area contributed by atoms with Gasteiger partial charge in [-0.2, -0.15) is 0 Å². The summed E-state index contributed by atoms with van der Waals surface area (Å²) >= 11 is 5.88. The number of nitrogens with zero attached hydrogens (tertiary/aromatic N) is 3. The van der Waals surface area contributed by atoms with Crippen LogP contribution in [0.2, 0.25) is 5.02 Å². The maximum absolute atomic E-state index is 12.3. The average Bonchev–Trinajstić information content (AvgIpc) is 2.55. The van der Waals surface area contributed by atoms with E-state index in [1.165, 1.54) is 18.2 Å². The summed E-state index contributed by atoms with van der Waals surface area (Å²) in [6.07, 6.45) is 1.39. The van der Waals surface area contributed by atoms with Crippen molar-refractivity contribution in [1.82, 2.24) is 9.97 Å². The molecular weight excluding hydrogens is 372 g/mol. The lowest BCUT2D eigenvalue weighted by Crippen LogP contribution is -2.18. The molecule has 1 heterocycles. The molecule has 2 rings (SSSR count). The Morgan fingerprint density at radius 2 is 2.12 bits per heavy atom. The third-order valence-corrected chi connectivity index (χ3v) is 4.98. The highest BCUT2D eigenvalue weighted by Crippen LogP contribution is 2.20. The number of nitro groups is 1. The van der Waals surface area contributed by atoms with Crippen LogP contribution in [0.25, 0.3) is 0 Å². The Kier molecular flexibility index (Phi) is 5.65. The molecule has 0 fully saturated rings. The number of halogens is 1. The summed E-state index contributed by atoms with van der Waals surface area (Å²) in [7, 11) is -3.72. The lowest BCUT2D eigenvalue weighted by molar-refractivity contribution is -0.384. The van der Waals surface area contributed by atoms with Gasteiger partial charge in [-0.05, 0) is 12.5 Å². The summed E-state index contributed by atoms with van der Waals surface area (Å²) in [5, 5.41) is 12.5. The van der Waals surface area contributed by atoms with Crippen molar-refractivity contribution in [3.8, 4) is 0 Å². The minimum Gasteiger partial charge on any atom is -0.320 e. The zero-order valence-corrected chi connectivity index (χ0v) is 14.5. The van der Waals surface area contributed by atoms with E-state index in [1.807, 2.05) is 0 Å². The Labute approximate surface area is 148 Å². The quantitative estimate of drug-likeness (QED) is 0.459. The predicted molar refractivity (Wildman–Crippen MR) is 90.4 cm³/mol. The van der Waals surface area contributed by atoms with Crippen LogP contribution in [-0.2, 0) is 9.84 Å². The molecule has 1 aromatic heterocycles. The largest absolute Gasteiger partial charge is 0.320 e. The van der Waals surface area contributed by atoms with E-state index in [4.69, 9.17) is 11.6 Å². The molecule has 0 atom stereocenters. The SMILES string of the molecule is CCCS(=O)(=O)c1ncc(Cl)c(C(=O)Nc2cccc([N+](=O)[O-])c2)n1. The molecule has 25 heavy (non-hydrogen) atoms. The van der Waals surface area contributed by atoms with Crippen LogP contribution >= 0.6 is 11.6 Å². The molecule has 0 bridgehead atoms. The first kappa shape index (κ1) is 18.7. The van der Waals surface area contributed by atoms with Gasteiger partial charge in [-0.25, -0.2) is 18.4 Å². The van der Waals surface area contributed by atoms with Crippen molar-refractivity contribution >= 4 is 38.7 Å². The average molecular weight is 385 g/mol. The standard InChI is InChI=1S/C14H13ClN4O5S/c1-2-6-25(23,24)14-16-8-11(15)12(18-14)13(20)17-9-4-3-5-10(7-9)19(21)22/h3-5,7-8H,2,6H2,1H3,(H,17,20). The highest BCUT2D eigenvalue weighted by molar-refractivity contribution is 7.91. The van der Waals surface area contributed by atoms with Crippen LogP contribution in [0.3, 0.4) is 0 Å². The topological polar surface area (TPSA) is 132 Å². The van der Waals surface area contributed by atoms with Crippen LogP contribution in [0.15, 0.2) is 35.6 Å². The third-order valence-electron chi connectivity index (χ3n) is 3.00. The minimum absolute atomic E-state index is 0.140. The second-order valence-electron chi connectivity index (χ2n) is 4.93. The fourth-order valence-corrected chi connectivity index (χ4v) is 3.25. The summed E-state index contributed by atoms with van der Waals surface area (Å²) in [5.41, 5.74) is -0.400. The highest BCUT2D eigenvalue weighted by atomic mass is 35.5. The number of non-ortho nitro benzene ring substituents is 1. The summed E-state index contributed by atoms with van der Waals surface area (Å²) < 4.78 is 24.0. The van der Waals surface area contributed by atoms with Crippen molar-refractivity contribution in [3.05, 3.63) is 51.3 Å². The first-order valence-electron chi connectivity index (χ1n) is 7.05. The Balaban J connectivity index is 2.33. The smallest absolute Gasteiger partial charge is 0.275 e. The maximum atomic E-state index is 12.3. The summed E-state index contributed by atoms with van der Waals surface area (Å²) in [4.78, 5) is 29.9. The molecule has 0 aliphatic rings. The van der Waals surface area contributed by atoms with E-state index < -0.39 is 25.8 Å². The van der Waals surface area contributed by atoms with Crippen LogP contribution in [0.1, 0.15) is 23.8 Å². The fraction of sp³-hybridized carbons (Fsp3) is 0.214. The molecule has 0 radical (unpaired) electrons. The number of carbonyl (C=O) groups is 1. The van der Waals surface area contributed by atoms with E-state index in [9.17, 15) is 23.3 Å². The minimum atomic E-state index is -3.72. The van der Waals surface area contributed by atoms with Crippen LogP contribution in [0, 0.1) is 10.1 Å². The molecule has 1 aromatic carbocycles. The van der Waals surface area contributed by atoms with Crippen molar-refractivity contribution in [1.29, 1.82) is 0 Å². The van der Waals surface area contributed by atoms with Gasteiger partial charge in [0.05, 0.1) is 21.9 Å². The lowest BCUT2D eigenvalue weighted by Gasteiger charge is -2.07. The Bertz CT molecular complexity index is 933. The second kappa shape index (κ2) is 7.53. The van der Waals surface area contributed by atoms with Crippen LogP contribution in [0.4, 0.5) is 11.4 Å². The first-order valence-corrected chi connectivity index (χ1v) is 9.08. The van der Waals surface area contributed by atoms with E-state index in [1.54, 1.807) is 6.92 Å². The van der Waals surface area contributed by atoms with Gasteiger partial charge in [0.25, 0.3) is 11.6 Å². The molecule has 11 heteroatoms. The van der Waals surface area contributed by atoms with E-state index in [2.05, 4.69) is 15.3 Å². The Morgan fingerprint density at radius 3 is 2.76 bits per heavy atom. The monoisotopic (exact) mass is 384 g/mol. The number of sulfone groups is 1. The molecule has 2 aromatic rings. The number of aromatic nitrogens is 2. The number of carbonyl (C=O) groups excluding carboxylic acids is 1. The zero-order chi connectivity index (χ0) is 18.6. The zero-order valence-electron chi connectivity index (χ0n) is 13.0. The fourth-order valence-electron chi connectivity index (χ4n) is 1.91. The van der Waals surface area contributed by atoms with Gasteiger partial charge in [0.1, 0.15) is 0 Å². The van der Waals surface area contributed by atoms with Gasteiger partial charge in [-0.15, -0.1) is 0 Å². The van der Waals surface area contributed by atoms with Gasteiger partial charge in [0.15, 0.2) is 5.69 Å². The molecule has 132 valence electrons. The normalized spacial score (nSPS) is 11.1.